The van der Waals surface area contributed by atoms with Gasteiger partial charge in [0.2, 0.25) is 5.91 Å². The van der Waals surface area contributed by atoms with Crippen LogP contribution in [0.25, 0.3) is 11.4 Å². The van der Waals surface area contributed by atoms with Gasteiger partial charge in [0.25, 0.3) is 0 Å². The van der Waals surface area contributed by atoms with E-state index in [0.29, 0.717) is 12.2 Å². The Morgan fingerprint density at radius 2 is 2.14 bits per heavy atom. The molecule has 1 heterocycles. The average Bonchev–Trinajstić information content (AvgIpc) is 2.99. The SMILES string of the molecule is CSCC[C@H](N)C(=O)Nc1ccc(-c2ncn[nH]2)cc1.Cl. The van der Waals surface area contributed by atoms with Gasteiger partial charge in [0.15, 0.2) is 5.82 Å². The van der Waals surface area contributed by atoms with Crippen molar-refractivity contribution < 1.29 is 4.79 Å². The average molecular weight is 328 g/mol. The van der Waals surface area contributed by atoms with Gasteiger partial charge in [0.05, 0.1) is 6.04 Å². The third-order valence-electron chi connectivity index (χ3n) is 2.81. The van der Waals surface area contributed by atoms with Crippen molar-refractivity contribution in [3.8, 4) is 11.4 Å². The highest BCUT2D eigenvalue weighted by Crippen LogP contribution is 2.17. The molecule has 0 bridgehead atoms. The second kappa shape index (κ2) is 8.66. The van der Waals surface area contributed by atoms with Crippen molar-refractivity contribution in [3.05, 3.63) is 30.6 Å². The Labute approximate surface area is 133 Å². The number of carbonyl (C=O) groups is 1. The van der Waals surface area contributed by atoms with Crippen LogP contribution in [0.15, 0.2) is 30.6 Å². The lowest BCUT2D eigenvalue weighted by Gasteiger charge is -2.11. The summed E-state index contributed by atoms with van der Waals surface area (Å²) in [6.45, 7) is 0. The molecule has 114 valence electrons. The van der Waals surface area contributed by atoms with Crippen LogP contribution in [0.4, 0.5) is 5.69 Å². The number of nitrogens with one attached hydrogen (secondary N) is 2. The number of thioether (sulfide) groups is 1. The van der Waals surface area contributed by atoms with Crippen LogP contribution in [0.1, 0.15) is 6.42 Å². The number of aromatic nitrogens is 3. The number of anilines is 1. The highest BCUT2D eigenvalue weighted by Gasteiger charge is 2.13. The molecule has 0 saturated heterocycles. The Morgan fingerprint density at radius 1 is 1.43 bits per heavy atom. The van der Waals surface area contributed by atoms with Gasteiger partial charge >= 0.3 is 0 Å². The highest BCUT2D eigenvalue weighted by atomic mass is 35.5. The molecule has 1 amide bonds. The predicted octanol–water partition coefficient (Wildman–Crippen LogP) is 1.91. The van der Waals surface area contributed by atoms with E-state index < -0.39 is 6.04 Å². The van der Waals surface area contributed by atoms with E-state index in [2.05, 4.69) is 20.5 Å². The largest absolute Gasteiger partial charge is 0.325 e. The smallest absolute Gasteiger partial charge is 0.241 e. The van der Waals surface area contributed by atoms with Gasteiger partial charge in [-0.05, 0) is 42.7 Å². The zero-order valence-electron chi connectivity index (χ0n) is 11.6. The number of halogens is 1. The number of H-pyrrole nitrogens is 1. The van der Waals surface area contributed by atoms with Crippen LogP contribution < -0.4 is 11.1 Å². The fourth-order valence-electron chi connectivity index (χ4n) is 1.67. The highest BCUT2D eigenvalue weighted by molar-refractivity contribution is 7.98. The third kappa shape index (κ3) is 5.04. The zero-order chi connectivity index (χ0) is 14.4. The lowest BCUT2D eigenvalue weighted by atomic mass is 10.2. The summed E-state index contributed by atoms with van der Waals surface area (Å²) in [7, 11) is 0. The van der Waals surface area contributed by atoms with Crippen molar-refractivity contribution in [2.24, 2.45) is 5.73 Å². The standard InChI is InChI=1S/C13H17N5OS.ClH/c1-20-7-6-11(14)13(19)17-10-4-2-9(3-5-10)12-15-8-16-18-12;/h2-5,8,11H,6-7,14H2,1H3,(H,17,19)(H,15,16,18);1H/t11-;/m0./s1. The van der Waals surface area contributed by atoms with Gasteiger partial charge in [-0.1, -0.05) is 0 Å². The number of amides is 1. The molecule has 0 radical (unpaired) electrons. The fourth-order valence-corrected chi connectivity index (χ4v) is 2.16. The molecule has 1 aromatic heterocycles. The summed E-state index contributed by atoms with van der Waals surface area (Å²) in [5, 5.41) is 9.38. The van der Waals surface area contributed by atoms with Crippen molar-refractivity contribution in [1.29, 1.82) is 0 Å². The quantitative estimate of drug-likeness (QED) is 0.753. The molecule has 2 rings (SSSR count). The number of nitrogens with two attached hydrogens (primary N) is 1. The van der Waals surface area contributed by atoms with E-state index in [1.54, 1.807) is 11.8 Å². The van der Waals surface area contributed by atoms with Crippen molar-refractivity contribution >= 4 is 35.8 Å². The van der Waals surface area contributed by atoms with Crippen molar-refractivity contribution in [1.82, 2.24) is 15.2 Å². The molecule has 1 aromatic carbocycles. The van der Waals surface area contributed by atoms with E-state index in [1.807, 2.05) is 30.5 Å². The van der Waals surface area contributed by atoms with E-state index in [-0.39, 0.29) is 18.3 Å². The minimum atomic E-state index is -0.476. The molecule has 0 spiro atoms. The lowest BCUT2D eigenvalue weighted by molar-refractivity contribution is -0.117. The molecule has 0 unspecified atom stereocenters. The van der Waals surface area contributed by atoms with E-state index in [9.17, 15) is 4.79 Å². The Bertz CT molecular complexity index is 546. The van der Waals surface area contributed by atoms with Gasteiger partial charge in [-0.25, -0.2) is 4.98 Å². The van der Waals surface area contributed by atoms with Crippen LogP contribution in [0.5, 0.6) is 0 Å². The molecule has 0 aliphatic carbocycles. The zero-order valence-corrected chi connectivity index (χ0v) is 13.2. The van der Waals surface area contributed by atoms with Crippen LogP contribution in [0.3, 0.4) is 0 Å². The van der Waals surface area contributed by atoms with Gasteiger partial charge in [-0.3, -0.25) is 9.89 Å². The molecular weight excluding hydrogens is 310 g/mol. The topological polar surface area (TPSA) is 96.7 Å². The second-order valence-corrected chi connectivity index (χ2v) is 5.27. The molecule has 1 atom stereocenters. The Morgan fingerprint density at radius 3 is 2.71 bits per heavy atom. The molecule has 0 saturated carbocycles. The summed E-state index contributed by atoms with van der Waals surface area (Å²) in [6.07, 6.45) is 4.12. The minimum Gasteiger partial charge on any atom is -0.325 e. The van der Waals surface area contributed by atoms with Crippen LogP contribution >= 0.6 is 24.2 Å². The second-order valence-electron chi connectivity index (χ2n) is 4.29. The lowest BCUT2D eigenvalue weighted by Crippen LogP contribution is -2.36. The first-order chi connectivity index (χ1) is 9.70. The fraction of sp³-hybridized carbons (Fsp3) is 0.308. The minimum absolute atomic E-state index is 0. The molecule has 21 heavy (non-hydrogen) atoms. The number of nitrogens with zero attached hydrogens (tertiary/aromatic N) is 2. The first-order valence-corrected chi connectivity index (χ1v) is 7.61. The van der Waals surface area contributed by atoms with Crippen LogP contribution in [0.2, 0.25) is 0 Å². The monoisotopic (exact) mass is 327 g/mol. The van der Waals surface area contributed by atoms with Gasteiger partial charge in [0, 0.05) is 11.3 Å². The maximum atomic E-state index is 11.9. The Balaban J connectivity index is 0.00000220. The van der Waals surface area contributed by atoms with E-state index >= 15 is 0 Å². The number of hydrogen-bond acceptors (Lipinski definition) is 5. The normalized spacial score (nSPS) is 11.5. The Kier molecular flexibility index (Phi) is 7.21. The van der Waals surface area contributed by atoms with Gasteiger partial charge in [-0.15, -0.1) is 12.4 Å². The summed E-state index contributed by atoms with van der Waals surface area (Å²) >= 11 is 1.68. The molecule has 2 aromatic rings. The molecule has 6 nitrogen and oxygen atoms in total. The van der Waals surface area contributed by atoms with Crippen LogP contribution in [0, 0.1) is 0 Å². The molecule has 4 N–H and O–H groups in total. The predicted molar refractivity (Wildman–Crippen MR) is 88.7 cm³/mol. The summed E-state index contributed by atoms with van der Waals surface area (Å²) < 4.78 is 0. The molecule has 0 fully saturated rings. The number of rotatable bonds is 6. The van der Waals surface area contributed by atoms with Crippen LogP contribution in [-0.4, -0.2) is 39.1 Å². The summed E-state index contributed by atoms with van der Waals surface area (Å²) in [5.41, 5.74) is 7.44. The number of benzene rings is 1. The van der Waals surface area contributed by atoms with Crippen molar-refractivity contribution in [3.63, 3.8) is 0 Å². The molecular formula is C13H18ClN5OS. The van der Waals surface area contributed by atoms with Gasteiger partial charge in [0.1, 0.15) is 6.33 Å². The van der Waals surface area contributed by atoms with E-state index in [0.717, 1.165) is 17.0 Å². The first-order valence-electron chi connectivity index (χ1n) is 6.22. The van der Waals surface area contributed by atoms with Gasteiger partial charge in [-0.2, -0.15) is 16.9 Å². The molecule has 8 heteroatoms. The number of hydrogen-bond donors (Lipinski definition) is 3. The maximum Gasteiger partial charge on any atom is 0.241 e. The summed E-state index contributed by atoms with van der Waals surface area (Å²) in [5.74, 6) is 1.41. The first kappa shape index (κ1) is 17.5. The summed E-state index contributed by atoms with van der Waals surface area (Å²) in [6, 6.07) is 6.89. The maximum absolute atomic E-state index is 11.9. The van der Waals surface area contributed by atoms with E-state index in [4.69, 9.17) is 5.73 Å². The van der Waals surface area contributed by atoms with Gasteiger partial charge < -0.3 is 11.1 Å². The number of aromatic amines is 1. The summed E-state index contributed by atoms with van der Waals surface area (Å²) in [4.78, 5) is 15.9. The van der Waals surface area contributed by atoms with Crippen LogP contribution in [-0.2, 0) is 4.79 Å². The molecule has 0 aliphatic heterocycles. The van der Waals surface area contributed by atoms with Crippen molar-refractivity contribution in [2.75, 3.05) is 17.3 Å². The Hall–Kier alpha value is -1.57. The number of carbonyl (C=O) groups excluding carboxylic acids is 1. The van der Waals surface area contributed by atoms with E-state index in [1.165, 1.54) is 6.33 Å². The van der Waals surface area contributed by atoms with Crippen molar-refractivity contribution in [2.45, 2.75) is 12.5 Å². The third-order valence-corrected chi connectivity index (χ3v) is 3.45. The molecule has 0 aliphatic rings.